The zero-order valence-corrected chi connectivity index (χ0v) is 13.6. The lowest BCUT2D eigenvalue weighted by Crippen LogP contribution is -2.00. The molecule has 0 amide bonds. The van der Waals surface area contributed by atoms with E-state index in [1.54, 1.807) is 13.0 Å². The van der Waals surface area contributed by atoms with Gasteiger partial charge in [-0.15, -0.1) is 0 Å². The summed E-state index contributed by atoms with van der Waals surface area (Å²) in [6.07, 6.45) is 4.44. The summed E-state index contributed by atoms with van der Waals surface area (Å²) in [7, 11) is 0. The monoisotopic (exact) mass is 340 g/mol. The standard InChI is InChI=1S/C14H15BrO2.C2H6O/c1-2-3-4-5-10-8-14(16)17-13-9-11(15)6-7-12(10)13;1-2-3/h6-9H,2-5H2,1H3;3H,2H2,1H3. The van der Waals surface area contributed by atoms with Gasteiger partial charge < -0.3 is 9.52 Å². The molecule has 3 nitrogen and oxygen atoms in total. The molecule has 1 heterocycles. The van der Waals surface area contributed by atoms with Crippen molar-refractivity contribution in [3.05, 3.63) is 44.7 Å². The highest BCUT2D eigenvalue weighted by atomic mass is 79.9. The summed E-state index contributed by atoms with van der Waals surface area (Å²) in [5.74, 6) is 0. The van der Waals surface area contributed by atoms with Crippen LogP contribution in [0.2, 0.25) is 0 Å². The third-order valence-corrected chi connectivity index (χ3v) is 3.34. The van der Waals surface area contributed by atoms with Crippen molar-refractivity contribution in [2.75, 3.05) is 6.61 Å². The predicted octanol–water partition coefficient (Wildman–Crippen LogP) is 4.29. The van der Waals surface area contributed by atoms with Gasteiger partial charge in [0.1, 0.15) is 5.58 Å². The van der Waals surface area contributed by atoms with Crippen molar-refractivity contribution in [3.8, 4) is 0 Å². The Labute approximate surface area is 127 Å². The van der Waals surface area contributed by atoms with Gasteiger partial charge in [-0.05, 0) is 43.5 Å². The second-order valence-electron chi connectivity index (χ2n) is 4.50. The molecule has 2 rings (SSSR count). The second-order valence-corrected chi connectivity index (χ2v) is 5.42. The minimum absolute atomic E-state index is 0.250. The molecule has 0 saturated heterocycles. The van der Waals surface area contributed by atoms with Crippen molar-refractivity contribution in [3.63, 3.8) is 0 Å². The van der Waals surface area contributed by atoms with Crippen LogP contribution in [0.1, 0.15) is 38.7 Å². The molecule has 1 N–H and O–H groups in total. The molecule has 0 aliphatic rings. The van der Waals surface area contributed by atoms with E-state index in [4.69, 9.17) is 9.52 Å². The average molecular weight is 341 g/mol. The van der Waals surface area contributed by atoms with Gasteiger partial charge in [0.2, 0.25) is 0 Å². The second kappa shape index (κ2) is 8.93. The number of hydrogen-bond donors (Lipinski definition) is 1. The van der Waals surface area contributed by atoms with E-state index in [0.29, 0.717) is 5.58 Å². The Hall–Kier alpha value is -1.13. The maximum absolute atomic E-state index is 11.5. The summed E-state index contributed by atoms with van der Waals surface area (Å²) in [6, 6.07) is 7.45. The van der Waals surface area contributed by atoms with Crippen LogP contribution in [0.15, 0.2) is 37.9 Å². The van der Waals surface area contributed by atoms with Crippen LogP contribution >= 0.6 is 15.9 Å². The van der Waals surface area contributed by atoms with E-state index in [-0.39, 0.29) is 12.2 Å². The fourth-order valence-corrected chi connectivity index (χ4v) is 2.32. The van der Waals surface area contributed by atoms with Crippen LogP contribution in [-0.4, -0.2) is 11.7 Å². The van der Waals surface area contributed by atoms with E-state index in [1.165, 1.54) is 12.8 Å². The van der Waals surface area contributed by atoms with Crippen molar-refractivity contribution in [1.29, 1.82) is 0 Å². The number of halogens is 1. The van der Waals surface area contributed by atoms with Gasteiger partial charge in [-0.25, -0.2) is 4.79 Å². The van der Waals surface area contributed by atoms with E-state index in [1.807, 2.05) is 18.2 Å². The van der Waals surface area contributed by atoms with Crippen molar-refractivity contribution < 1.29 is 9.52 Å². The summed E-state index contributed by atoms with van der Waals surface area (Å²) >= 11 is 3.38. The van der Waals surface area contributed by atoms with Gasteiger partial charge in [-0.3, -0.25) is 0 Å². The smallest absolute Gasteiger partial charge is 0.336 e. The SMILES string of the molecule is CCCCCc1cc(=O)oc2cc(Br)ccc12.CCO. The molecule has 4 heteroatoms. The number of benzene rings is 1. The molecule has 0 spiro atoms. The van der Waals surface area contributed by atoms with Crippen molar-refractivity contribution in [2.45, 2.75) is 39.5 Å². The molecule has 0 bridgehead atoms. The number of fused-ring (bicyclic) bond motifs is 1. The normalized spacial score (nSPS) is 10.2. The van der Waals surface area contributed by atoms with Gasteiger partial charge in [0.15, 0.2) is 0 Å². The average Bonchev–Trinajstić information content (AvgIpc) is 2.39. The highest BCUT2D eigenvalue weighted by molar-refractivity contribution is 9.10. The van der Waals surface area contributed by atoms with E-state index in [0.717, 1.165) is 28.3 Å². The van der Waals surface area contributed by atoms with E-state index >= 15 is 0 Å². The molecule has 0 fully saturated rings. The Bertz CT molecular complexity index is 590. The third kappa shape index (κ3) is 5.10. The van der Waals surface area contributed by atoms with Gasteiger partial charge >= 0.3 is 5.63 Å². The summed E-state index contributed by atoms with van der Waals surface area (Å²) in [4.78, 5) is 11.5. The molecule has 2 aromatic rings. The zero-order valence-electron chi connectivity index (χ0n) is 12.0. The molecule has 0 saturated carbocycles. The lowest BCUT2D eigenvalue weighted by atomic mass is 10.0. The first-order valence-electron chi connectivity index (χ1n) is 6.95. The van der Waals surface area contributed by atoms with Gasteiger partial charge in [0.05, 0.1) is 0 Å². The number of rotatable bonds is 4. The van der Waals surface area contributed by atoms with Gasteiger partial charge in [0, 0.05) is 22.5 Å². The maximum atomic E-state index is 11.5. The quantitative estimate of drug-likeness (QED) is 0.667. The van der Waals surface area contributed by atoms with E-state index in [2.05, 4.69) is 22.9 Å². The van der Waals surface area contributed by atoms with E-state index < -0.39 is 0 Å². The van der Waals surface area contributed by atoms with Crippen LogP contribution in [-0.2, 0) is 6.42 Å². The summed E-state index contributed by atoms with van der Waals surface area (Å²) in [5, 5.41) is 8.61. The van der Waals surface area contributed by atoms with Gasteiger partial charge in [-0.1, -0.05) is 35.7 Å². The summed E-state index contributed by atoms with van der Waals surface area (Å²) in [6.45, 7) is 4.11. The van der Waals surface area contributed by atoms with Crippen LogP contribution in [0.3, 0.4) is 0 Å². The number of unbranched alkanes of at least 4 members (excludes halogenated alkanes) is 2. The van der Waals surface area contributed by atoms with Crippen LogP contribution < -0.4 is 5.63 Å². The first-order valence-corrected chi connectivity index (χ1v) is 7.74. The van der Waals surface area contributed by atoms with Crippen molar-refractivity contribution >= 4 is 26.9 Å². The van der Waals surface area contributed by atoms with Crippen molar-refractivity contribution in [1.82, 2.24) is 0 Å². The third-order valence-electron chi connectivity index (χ3n) is 2.84. The minimum atomic E-state index is -0.262. The number of aryl methyl sites for hydroxylation is 1. The molecule has 110 valence electrons. The fraction of sp³-hybridized carbons (Fsp3) is 0.438. The molecular weight excluding hydrogens is 320 g/mol. The number of hydrogen-bond acceptors (Lipinski definition) is 3. The van der Waals surface area contributed by atoms with Crippen LogP contribution in [0, 0.1) is 0 Å². The predicted molar refractivity (Wildman–Crippen MR) is 86.2 cm³/mol. The number of aliphatic hydroxyl groups is 1. The summed E-state index contributed by atoms with van der Waals surface area (Å²) < 4.78 is 6.13. The highest BCUT2D eigenvalue weighted by Gasteiger charge is 2.05. The topological polar surface area (TPSA) is 50.4 Å². The van der Waals surface area contributed by atoms with Crippen LogP contribution in [0.4, 0.5) is 0 Å². The molecule has 0 aliphatic carbocycles. The Balaban J connectivity index is 0.000000612. The van der Waals surface area contributed by atoms with Crippen LogP contribution in [0.5, 0.6) is 0 Å². The van der Waals surface area contributed by atoms with Crippen LogP contribution in [0.25, 0.3) is 11.0 Å². The van der Waals surface area contributed by atoms with E-state index in [9.17, 15) is 4.79 Å². The molecule has 20 heavy (non-hydrogen) atoms. The Kier molecular flexibility index (Phi) is 7.55. The first-order chi connectivity index (χ1) is 9.62. The summed E-state index contributed by atoms with van der Waals surface area (Å²) in [5.41, 5.74) is 1.50. The lowest BCUT2D eigenvalue weighted by Gasteiger charge is -2.05. The highest BCUT2D eigenvalue weighted by Crippen LogP contribution is 2.22. The molecule has 1 aromatic heterocycles. The fourth-order valence-electron chi connectivity index (χ4n) is 1.98. The van der Waals surface area contributed by atoms with Gasteiger partial charge in [-0.2, -0.15) is 0 Å². The zero-order chi connectivity index (χ0) is 15.0. The first kappa shape index (κ1) is 16.9. The molecule has 0 aliphatic heterocycles. The minimum Gasteiger partial charge on any atom is -0.423 e. The molecule has 0 atom stereocenters. The molecule has 0 unspecified atom stereocenters. The maximum Gasteiger partial charge on any atom is 0.336 e. The Morgan fingerprint density at radius 1 is 1.20 bits per heavy atom. The molecule has 1 aromatic carbocycles. The molecule has 0 radical (unpaired) electrons. The Morgan fingerprint density at radius 2 is 1.90 bits per heavy atom. The Morgan fingerprint density at radius 3 is 2.55 bits per heavy atom. The van der Waals surface area contributed by atoms with Crippen molar-refractivity contribution in [2.24, 2.45) is 0 Å². The number of aliphatic hydroxyl groups excluding tert-OH is 1. The lowest BCUT2D eigenvalue weighted by molar-refractivity contribution is 0.318. The van der Waals surface area contributed by atoms with Gasteiger partial charge in [0.25, 0.3) is 0 Å². The molecular formula is C16H21BrO3. The largest absolute Gasteiger partial charge is 0.423 e.